The van der Waals surface area contributed by atoms with Crippen LogP contribution in [-0.2, 0) is 34.6 Å². The number of para-hydroxylation sites is 1. The summed E-state index contributed by atoms with van der Waals surface area (Å²) < 4.78 is 9.24. The van der Waals surface area contributed by atoms with Gasteiger partial charge in [0, 0.05) is 19.3 Å². The Morgan fingerprint density at radius 3 is 2.39 bits per heavy atom. The van der Waals surface area contributed by atoms with E-state index in [1.54, 1.807) is 11.7 Å². The lowest BCUT2D eigenvalue weighted by molar-refractivity contribution is -0.116. The molecule has 0 bridgehead atoms. The van der Waals surface area contributed by atoms with E-state index in [-0.39, 0.29) is 23.1 Å². The zero-order chi connectivity index (χ0) is 25.9. The van der Waals surface area contributed by atoms with Crippen LogP contribution in [0.5, 0.6) is 0 Å². The average molecular weight is 490 g/mol. The number of aromatic nitrogens is 4. The molecule has 0 fully saturated rings. The monoisotopic (exact) mass is 489 g/mol. The molecule has 2 aromatic heterocycles. The molecular weight excluding hydrogens is 458 g/mol. The highest BCUT2D eigenvalue weighted by molar-refractivity contribution is 5.91. The summed E-state index contributed by atoms with van der Waals surface area (Å²) in [5, 5.41) is 2.89. The van der Waals surface area contributed by atoms with Crippen LogP contribution in [0.3, 0.4) is 0 Å². The molecule has 0 aliphatic rings. The molecule has 9 nitrogen and oxygen atoms in total. The highest BCUT2D eigenvalue weighted by Crippen LogP contribution is 2.29. The van der Waals surface area contributed by atoms with Crippen molar-refractivity contribution in [2.75, 3.05) is 19.0 Å². The van der Waals surface area contributed by atoms with E-state index in [9.17, 15) is 14.4 Å². The van der Waals surface area contributed by atoms with Gasteiger partial charge in [-0.15, -0.1) is 0 Å². The number of anilines is 1. The number of amides is 1. The maximum Gasteiger partial charge on any atom is 0.333 e. The first-order chi connectivity index (χ1) is 17.2. The molecule has 0 radical (unpaired) electrons. The van der Waals surface area contributed by atoms with E-state index in [1.165, 1.54) is 10.9 Å². The maximum absolute atomic E-state index is 13.5. The Bertz CT molecular complexity index is 1490. The van der Waals surface area contributed by atoms with Gasteiger partial charge in [-0.25, -0.2) is 14.3 Å². The van der Waals surface area contributed by atoms with Gasteiger partial charge < -0.3 is 14.6 Å². The van der Waals surface area contributed by atoms with Crippen molar-refractivity contribution in [2.45, 2.75) is 45.8 Å². The van der Waals surface area contributed by atoms with E-state index in [0.29, 0.717) is 18.8 Å². The second kappa shape index (κ2) is 10.3. The lowest BCUT2D eigenvalue weighted by Crippen LogP contribution is -2.43. The van der Waals surface area contributed by atoms with Crippen LogP contribution in [-0.4, -0.2) is 38.3 Å². The SMILES string of the molecule is COCCn1cnc2c1c(=O)n(CC(=O)Nc1ccccc1C(C)(C)C)c(=O)n2Cc1ccccc1. The van der Waals surface area contributed by atoms with Crippen LogP contribution in [0.1, 0.15) is 31.9 Å². The Balaban J connectivity index is 1.77. The molecule has 0 aliphatic carbocycles. The minimum Gasteiger partial charge on any atom is -0.383 e. The zero-order valence-electron chi connectivity index (χ0n) is 21.0. The lowest BCUT2D eigenvalue weighted by atomic mass is 9.86. The minimum absolute atomic E-state index is 0.199. The van der Waals surface area contributed by atoms with Gasteiger partial charge in [0.2, 0.25) is 5.91 Å². The van der Waals surface area contributed by atoms with Crippen molar-refractivity contribution in [2.24, 2.45) is 0 Å². The van der Waals surface area contributed by atoms with Gasteiger partial charge in [-0.1, -0.05) is 69.3 Å². The summed E-state index contributed by atoms with van der Waals surface area (Å²) >= 11 is 0. The van der Waals surface area contributed by atoms with E-state index >= 15 is 0 Å². The molecule has 188 valence electrons. The molecule has 0 aliphatic heterocycles. The number of nitrogens with one attached hydrogen (secondary N) is 1. The number of rotatable bonds is 8. The number of hydrogen-bond acceptors (Lipinski definition) is 5. The summed E-state index contributed by atoms with van der Waals surface area (Å²) in [4.78, 5) is 44.5. The van der Waals surface area contributed by atoms with Crippen LogP contribution in [0.15, 0.2) is 70.5 Å². The molecule has 2 aromatic carbocycles. The number of fused-ring (bicyclic) bond motifs is 1. The fourth-order valence-corrected chi connectivity index (χ4v) is 4.23. The standard InChI is InChI=1S/C27H31N5O4/c1-27(2,3)20-12-8-9-13-21(20)29-22(33)17-32-25(34)23-24(28-18-30(23)14-15-36-4)31(26(32)35)16-19-10-6-5-7-11-19/h5-13,18H,14-17H2,1-4H3,(H,29,33). The van der Waals surface area contributed by atoms with E-state index in [0.717, 1.165) is 15.7 Å². The quantitative estimate of drug-likeness (QED) is 0.410. The van der Waals surface area contributed by atoms with Crippen molar-refractivity contribution in [1.29, 1.82) is 0 Å². The van der Waals surface area contributed by atoms with Gasteiger partial charge in [-0.3, -0.25) is 14.2 Å². The van der Waals surface area contributed by atoms with E-state index in [4.69, 9.17) is 4.74 Å². The number of benzene rings is 2. The first kappa shape index (κ1) is 25.1. The highest BCUT2D eigenvalue weighted by atomic mass is 16.5. The van der Waals surface area contributed by atoms with Crippen molar-refractivity contribution in [3.8, 4) is 0 Å². The van der Waals surface area contributed by atoms with Crippen LogP contribution in [0.2, 0.25) is 0 Å². The Morgan fingerprint density at radius 2 is 1.69 bits per heavy atom. The van der Waals surface area contributed by atoms with Crippen LogP contribution < -0.4 is 16.6 Å². The fourth-order valence-electron chi connectivity index (χ4n) is 4.23. The molecule has 9 heteroatoms. The van der Waals surface area contributed by atoms with Gasteiger partial charge in [0.25, 0.3) is 5.56 Å². The van der Waals surface area contributed by atoms with Gasteiger partial charge in [-0.2, -0.15) is 0 Å². The molecule has 1 N–H and O–H groups in total. The second-order valence-corrected chi connectivity index (χ2v) is 9.69. The number of imidazole rings is 1. The Kier molecular flexibility index (Phi) is 7.21. The second-order valence-electron chi connectivity index (χ2n) is 9.69. The summed E-state index contributed by atoms with van der Waals surface area (Å²) in [7, 11) is 1.57. The molecule has 0 atom stereocenters. The van der Waals surface area contributed by atoms with Crippen LogP contribution in [0, 0.1) is 0 Å². The molecule has 0 saturated heterocycles. The number of nitrogens with zero attached hydrogens (tertiary/aromatic N) is 4. The third-order valence-electron chi connectivity index (χ3n) is 6.01. The van der Waals surface area contributed by atoms with Crippen LogP contribution >= 0.6 is 0 Å². The Labute approximate surface area is 209 Å². The van der Waals surface area contributed by atoms with Crippen LogP contribution in [0.4, 0.5) is 5.69 Å². The molecule has 4 rings (SSSR count). The smallest absolute Gasteiger partial charge is 0.333 e. The molecule has 2 heterocycles. The molecular formula is C27H31N5O4. The topological polar surface area (TPSA) is 100 Å². The first-order valence-electron chi connectivity index (χ1n) is 11.8. The lowest BCUT2D eigenvalue weighted by Gasteiger charge is -2.23. The van der Waals surface area contributed by atoms with Crippen molar-refractivity contribution in [3.05, 3.63) is 92.9 Å². The van der Waals surface area contributed by atoms with Gasteiger partial charge in [0.1, 0.15) is 6.54 Å². The summed E-state index contributed by atoms with van der Waals surface area (Å²) in [6, 6.07) is 17.0. The van der Waals surface area contributed by atoms with Crippen molar-refractivity contribution < 1.29 is 9.53 Å². The first-order valence-corrected chi connectivity index (χ1v) is 11.8. The minimum atomic E-state index is -0.590. The third kappa shape index (κ3) is 5.16. The number of ether oxygens (including phenoxy) is 1. The van der Waals surface area contributed by atoms with Gasteiger partial charge in [0.05, 0.1) is 19.5 Å². The van der Waals surface area contributed by atoms with E-state index in [1.807, 2.05) is 54.6 Å². The number of hydrogen-bond donors (Lipinski definition) is 1. The molecule has 1 amide bonds. The van der Waals surface area contributed by atoms with Gasteiger partial charge in [0.15, 0.2) is 11.2 Å². The summed E-state index contributed by atoms with van der Waals surface area (Å²) in [6.07, 6.45) is 1.52. The van der Waals surface area contributed by atoms with Crippen molar-refractivity contribution in [3.63, 3.8) is 0 Å². The van der Waals surface area contributed by atoms with Crippen LogP contribution in [0.25, 0.3) is 11.2 Å². The van der Waals surface area contributed by atoms with Crippen molar-refractivity contribution in [1.82, 2.24) is 18.7 Å². The zero-order valence-corrected chi connectivity index (χ0v) is 21.0. The van der Waals surface area contributed by atoms with Crippen molar-refractivity contribution >= 4 is 22.8 Å². The predicted octanol–water partition coefficient (Wildman–Crippen LogP) is 2.99. The van der Waals surface area contributed by atoms with Gasteiger partial charge in [-0.05, 0) is 22.6 Å². The highest BCUT2D eigenvalue weighted by Gasteiger charge is 2.22. The molecule has 36 heavy (non-hydrogen) atoms. The third-order valence-corrected chi connectivity index (χ3v) is 6.01. The van der Waals surface area contributed by atoms with E-state index in [2.05, 4.69) is 31.1 Å². The molecule has 0 spiro atoms. The largest absolute Gasteiger partial charge is 0.383 e. The number of carbonyl (C=O) groups excluding carboxylic acids is 1. The molecule has 0 unspecified atom stereocenters. The Morgan fingerprint density at radius 1 is 1.00 bits per heavy atom. The Hall–Kier alpha value is -3.98. The van der Waals surface area contributed by atoms with Gasteiger partial charge >= 0.3 is 5.69 Å². The summed E-state index contributed by atoms with van der Waals surface area (Å²) in [5.41, 5.74) is 1.67. The molecule has 4 aromatic rings. The number of carbonyl (C=O) groups is 1. The normalized spacial score (nSPS) is 11.7. The summed E-state index contributed by atoms with van der Waals surface area (Å²) in [6.45, 7) is 6.71. The maximum atomic E-state index is 13.5. The van der Waals surface area contributed by atoms with E-state index < -0.39 is 23.7 Å². The number of methoxy groups -OCH3 is 1. The molecule has 0 saturated carbocycles. The summed E-state index contributed by atoms with van der Waals surface area (Å²) in [5.74, 6) is -0.459. The fraction of sp³-hybridized carbons (Fsp3) is 0.333. The predicted molar refractivity (Wildman–Crippen MR) is 139 cm³/mol. The average Bonchev–Trinajstić information content (AvgIpc) is 3.27.